The van der Waals surface area contributed by atoms with Crippen LogP contribution in [0.25, 0.3) is 0 Å². The van der Waals surface area contributed by atoms with E-state index in [1.54, 1.807) is 0 Å². The number of nitrogens with zero attached hydrogens (tertiary/aromatic N) is 5. The van der Waals surface area contributed by atoms with Crippen LogP contribution in [0.4, 0.5) is 0 Å². The van der Waals surface area contributed by atoms with Crippen LogP contribution in [-0.2, 0) is 24.9 Å². The van der Waals surface area contributed by atoms with Crippen molar-refractivity contribution in [3.63, 3.8) is 0 Å². The van der Waals surface area contributed by atoms with Crippen LogP contribution in [0.1, 0.15) is 49.3 Å². The molecule has 2 aliphatic rings. The fraction of sp³-hybridized carbons (Fsp3) is 0.609. The first-order valence-electron chi connectivity index (χ1n) is 11.2. The summed E-state index contributed by atoms with van der Waals surface area (Å²) in [6.45, 7) is 6.02. The molecule has 1 unspecified atom stereocenters. The Labute approximate surface area is 202 Å². The second-order valence-electron chi connectivity index (χ2n) is 8.59. The van der Waals surface area contributed by atoms with Crippen LogP contribution >= 0.6 is 24.0 Å². The quantitative estimate of drug-likeness (QED) is 0.331. The molecule has 2 aromatic rings. The smallest absolute Gasteiger partial charge is 0.194 e. The second-order valence-corrected chi connectivity index (χ2v) is 8.59. The van der Waals surface area contributed by atoms with E-state index in [9.17, 15) is 0 Å². The highest BCUT2D eigenvalue weighted by Gasteiger charge is 2.27. The first kappa shape index (κ1) is 24.0. The number of aromatic nitrogens is 3. The number of guanidine groups is 1. The predicted octanol–water partition coefficient (Wildman–Crippen LogP) is 3.67. The third-order valence-corrected chi connectivity index (χ3v) is 6.29. The fourth-order valence-electron chi connectivity index (χ4n) is 4.30. The van der Waals surface area contributed by atoms with Gasteiger partial charge in [0.15, 0.2) is 11.8 Å². The molecule has 1 saturated heterocycles. The third kappa shape index (κ3) is 6.65. The molecule has 0 amide bonds. The van der Waals surface area contributed by atoms with Crippen molar-refractivity contribution in [1.29, 1.82) is 0 Å². The van der Waals surface area contributed by atoms with Crippen LogP contribution in [0.2, 0.25) is 0 Å². The van der Waals surface area contributed by atoms with Gasteiger partial charge in [-0.05, 0) is 31.7 Å². The number of rotatable bonds is 7. The molecule has 1 aromatic carbocycles. The van der Waals surface area contributed by atoms with Gasteiger partial charge in [-0.1, -0.05) is 43.2 Å². The maximum atomic E-state index is 6.00. The Hall–Kier alpha value is -1.68. The lowest BCUT2D eigenvalue weighted by molar-refractivity contribution is 0.0906. The minimum absolute atomic E-state index is 0. The van der Waals surface area contributed by atoms with E-state index >= 15 is 0 Å². The van der Waals surface area contributed by atoms with Gasteiger partial charge in [-0.25, -0.2) is 4.99 Å². The standard InChI is InChI=1S/C23H34N6O.HI/c1-18-26-27-22(28(18)2)14-24-23(25-21-10-6-7-11-21)29-13-12-20(15-29)17-30-16-19-8-4-3-5-9-19;/h3-5,8-9,20-21H,6-7,10-17H2,1-2H3,(H,24,25);1H. The maximum Gasteiger partial charge on any atom is 0.194 e. The lowest BCUT2D eigenvalue weighted by Crippen LogP contribution is -2.44. The van der Waals surface area contributed by atoms with Crippen molar-refractivity contribution in [2.45, 2.75) is 58.2 Å². The van der Waals surface area contributed by atoms with E-state index in [2.05, 4.69) is 44.7 Å². The molecular formula is C23H35IN6O. The van der Waals surface area contributed by atoms with Gasteiger partial charge < -0.3 is 19.5 Å². The molecular weight excluding hydrogens is 503 g/mol. The number of benzene rings is 1. The highest BCUT2D eigenvalue weighted by Crippen LogP contribution is 2.21. The van der Waals surface area contributed by atoms with Gasteiger partial charge in [0.25, 0.3) is 0 Å². The molecule has 7 nitrogen and oxygen atoms in total. The summed E-state index contributed by atoms with van der Waals surface area (Å²) in [5, 5.41) is 12.2. The Kier molecular flexibility index (Phi) is 9.13. The Balaban J connectivity index is 0.00000272. The van der Waals surface area contributed by atoms with E-state index in [-0.39, 0.29) is 24.0 Å². The Morgan fingerprint density at radius 3 is 2.65 bits per heavy atom. The zero-order chi connectivity index (χ0) is 20.8. The molecule has 4 rings (SSSR count). The molecule has 1 saturated carbocycles. The summed E-state index contributed by atoms with van der Waals surface area (Å²) >= 11 is 0. The van der Waals surface area contributed by atoms with E-state index in [0.717, 1.165) is 43.7 Å². The highest BCUT2D eigenvalue weighted by molar-refractivity contribution is 14.0. The van der Waals surface area contributed by atoms with Crippen LogP contribution in [0, 0.1) is 12.8 Å². The predicted molar refractivity (Wildman–Crippen MR) is 133 cm³/mol. The molecule has 1 aliphatic heterocycles. The largest absolute Gasteiger partial charge is 0.376 e. The summed E-state index contributed by atoms with van der Waals surface area (Å²) in [4.78, 5) is 7.34. The fourth-order valence-corrected chi connectivity index (χ4v) is 4.30. The zero-order valence-electron chi connectivity index (χ0n) is 18.7. The minimum atomic E-state index is 0. The minimum Gasteiger partial charge on any atom is -0.376 e. The van der Waals surface area contributed by atoms with Gasteiger partial charge in [-0.2, -0.15) is 0 Å². The maximum absolute atomic E-state index is 6.00. The van der Waals surface area contributed by atoms with Crippen molar-refractivity contribution in [2.75, 3.05) is 19.7 Å². The number of hydrogen-bond donors (Lipinski definition) is 1. The molecule has 2 heterocycles. The summed E-state index contributed by atoms with van der Waals surface area (Å²) in [6.07, 6.45) is 6.23. The lowest BCUT2D eigenvalue weighted by atomic mass is 10.1. The van der Waals surface area contributed by atoms with Crippen molar-refractivity contribution >= 4 is 29.9 Å². The number of aryl methyl sites for hydroxylation is 1. The van der Waals surface area contributed by atoms with Gasteiger partial charge in [-0.15, -0.1) is 34.2 Å². The molecule has 1 aliphatic carbocycles. The number of nitrogens with one attached hydrogen (secondary N) is 1. The molecule has 0 spiro atoms. The molecule has 31 heavy (non-hydrogen) atoms. The third-order valence-electron chi connectivity index (χ3n) is 6.29. The summed E-state index contributed by atoms with van der Waals surface area (Å²) in [5.74, 6) is 3.39. The first-order valence-corrected chi connectivity index (χ1v) is 11.2. The van der Waals surface area contributed by atoms with Gasteiger partial charge in [0.05, 0.1) is 13.2 Å². The molecule has 2 fully saturated rings. The number of halogens is 1. The van der Waals surface area contributed by atoms with Gasteiger partial charge in [0.1, 0.15) is 12.4 Å². The number of ether oxygens (including phenoxy) is 1. The topological polar surface area (TPSA) is 67.6 Å². The number of aliphatic imine (C=N–C) groups is 1. The average Bonchev–Trinajstić information content (AvgIpc) is 3.50. The Morgan fingerprint density at radius 1 is 1.16 bits per heavy atom. The van der Waals surface area contributed by atoms with Crippen molar-refractivity contribution < 1.29 is 4.74 Å². The molecule has 0 bridgehead atoms. The monoisotopic (exact) mass is 538 g/mol. The number of hydrogen-bond acceptors (Lipinski definition) is 4. The van der Waals surface area contributed by atoms with Gasteiger partial charge in [0.2, 0.25) is 0 Å². The zero-order valence-corrected chi connectivity index (χ0v) is 21.0. The average molecular weight is 538 g/mol. The molecule has 0 radical (unpaired) electrons. The number of likely N-dealkylation sites (tertiary alicyclic amines) is 1. The Bertz CT molecular complexity index is 834. The van der Waals surface area contributed by atoms with Crippen molar-refractivity contribution in [3.8, 4) is 0 Å². The molecule has 8 heteroatoms. The molecule has 1 aromatic heterocycles. The van der Waals surface area contributed by atoms with Crippen molar-refractivity contribution in [3.05, 3.63) is 47.5 Å². The van der Waals surface area contributed by atoms with Crippen LogP contribution < -0.4 is 5.32 Å². The van der Waals surface area contributed by atoms with E-state index in [0.29, 0.717) is 25.1 Å². The van der Waals surface area contributed by atoms with E-state index in [4.69, 9.17) is 9.73 Å². The SMILES string of the molecule is Cc1nnc(CN=C(NC2CCCC2)N2CCC(COCc3ccccc3)C2)n1C.I. The van der Waals surface area contributed by atoms with Gasteiger partial charge in [-0.3, -0.25) is 0 Å². The van der Waals surface area contributed by atoms with Gasteiger partial charge in [0, 0.05) is 32.1 Å². The molecule has 1 N–H and O–H groups in total. The molecule has 1 atom stereocenters. The van der Waals surface area contributed by atoms with Crippen molar-refractivity contribution in [1.82, 2.24) is 25.0 Å². The van der Waals surface area contributed by atoms with Gasteiger partial charge >= 0.3 is 0 Å². The Morgan fingerprint density at radius 2 is 1.94 bits per heavy atom. The normalized spacial score (nSPS) is 19.6. The van der Waals surface area contributed by atoms with E-state index in [1.165, 1.54) is 31.2 Å². The summed E-state index contributed by atoms with van der Waals surface area (Å²) < 4.78 is 8.02. The van der Waals surface area contributed by atoms with Crippen LogP contribution in [0.15, 0.2) is 35.3 Å². The van der Waals surface area contributed by atoms with Crippen LogP contribution in [0.5, 0.6) is 0 Å². The van der Waals surface area contributed by atoms with E-state index in [1.807, 2.05) is 24.6 Å². The second kappa shape index (κ2) is 11.8. The summed E-state index contributed by atoms with van der Waals surface area (Å²) in [6, 6.07) is 10.9. The first-order chi connectivity index (χ1) is 14.7. The van der Waals surface area contributed by atoms with Crippen molar-refractivity contribution in [2.24, 2.45) is 18.0 Å². The summed E-state index contributed by atoms with van der Waals surface area (Å²) in [5.41, 5.74) is 1.23. The highest BCUT2D eigenvalue weighted by atomic mass is 127. The molecule has 170 valence electrons. The summed E-state index contributed by atoms with van der Waals surface area (Å²) in [7, 11) is 2.00. The van der Waals surface area contributed by atoms with Crippen LogP contribution in [-0.4, -0.2) is 51.4 Å². The van der Waals surface area contributed by atoms with Crippen LogP contribution in [0.3, 0.4) is 0 Å². The lowest BCUT2D eigenvalue weighted by Gasteiger charge is -2.25. The van der Waals surface area contributed by atoms with E-state index < -0.39 is 0 Å².